The molecule has 0 fully saturated rings. The Morgan fingerprint density at radius 3 is 2.65 bits per heavy atom. The van der Waals surface area contributed by atoms with E-state index in [-0.39, 0.29) is 5.96 Å². The first-order chi connectivity index (χ1) is 12.1. The molecule has 3 rings (SSSR count). The number of hydrogen-bond acceptors (Lipinski definition) is 6. The van der Waals surface area contributed by atoms with Crippen molar-refractivity contribution >= 4 is 11.6 Å². The Balaban J connectivity index is 1.84. The number of nitrogens with zero attached hydrogens (tertiary/aromatic N) is 4. The number of rotatable bonds is 2. The maximum atomic E-state index is 13.0. The number of aliphatic imine (C=N–C) groups is 1. The lowest BCUT2D eigenvalue weighted by Crippen LogP contribution is -2.49. The molecule has 4 N–H and O–H groups in total. The van der Waals surface area contributed by atoms with E-state index in [4.69, 9.17) is 5.73 Å². The molecule has 3 heterocycles. The average molecular weight is 365 g/mol. The molecule has 0 aliphatic carbocycles. The van der Waals surface area contributed by atoms with E-state index >= 15 is 0 Å². The van der Waals surface area contributed by atoms with Crippen LogP contribution in [0.15, 0.2) is 41.3 Å². The summed E-state index contributed by atoms with van der Waals surface area (Å²) in [6, 6.07) is 3.68. The van der Waals surface area contributed by atoms with E-state index in [0.717, 1.165) is 23.3 Å². The summed E-state index contributed by atoms with van der Waals surface area (Å²) in [5.41, 5.74) is 5.89. The van der Waals surface area contributed by atoms with Crippen LogP contribution >= 0.6 is 0 Å². The highest BCUT2D eigenvalue weighted by atomic mass is 19.4. The molecule has 7 nitrogen and oxygen atoms in total. The predicted molar refractivity (Wildman–Crippen MR) is 91.8 cm³/mol. The summed E-state index contributed by atoms with van der Waals surface area (Å²) in [6.07, 6.45) is -0.506. The van der Waals surface area contributed by atoms with Gasteiger partial charge in [-0.1, -0.05) is 0 Å². The van der Waals surface area contributed by atoms with Crippen LogP contribution in [0.25, 0.3) is 5.69 Å². The average Bonchev–Trinajstić information content (AvgIpc) is 2.86. The van der Waals surface area contributed by atoms with Gasteiger partial charge in [0.25, 0.3) is 0 Å². The monoisotopic (exact) mass is 365 g/mol. The van der Waals surface area contributed by atoms with Crippen LogP contribution in [0, 0.1) is 13.8 Å². The number of aromatic nitrogens is 3. The summed E-state index contributed by atoms with van der Waals surface area (Å²) in [7, 11) is 0. The van der Waals surface area contributed by atoms with Gasteiger partial charge < -0.3 is 16.4 Å². The van der Waals surface area contributed by atoms with Crippen molar-refractivity contribution in [1.29, 1.82) is 0 Å². The van der Waals surface area contributed by atoms with Gasteiger partial charge in [0, 0.05) is 18.1 Å². The number of nitrogens with one attached hydrogen (secondary N) is 2. The van der Waals surface area contributed by atoms with E-state index in [1.54, 1.807) is 17.1 Å². The first-order valence-electron chi connectivity index (χ1n) is 7.76. The third kappa shape index (κ3) is 3.40. The maximum Gasteiger partial charge on any atom is 0.417 e. The Kier molecular flexibility index (Phi) is 4.23. The third-order valence-corrected chi connectivity index (χ3v) is 3.94. The van der Waals surface area contributed by atoms with Gasteiger partial charge in [0.05, 0.1) is 28.8 Å². The Hall–Kier alpha value is -2.88. The second-order valence-electron chi connectivity index (χ2n) is 6.14. The van der Waals surface area contributed by atoms with Crippen molar-refractivity contribution in [2.45, 2.75) is 32.6 Å². The zero-order valence-electron chi connectivity index (χ0n) is 14.4. The number of alkyl halides is 3. The Morgan fingerprint density at radius 2 is 2.04 bits per heavy atom. The number of pyridine rings is 1. The van der Waals surface area contributed by atoms with Crippen molar-refractivity contribution in [2.24, 2.45) is 10.7 Å². The topological polar surface area (TPSA) is 93.2 Å². The molecule has 1 aliphatic heterocycles. The molecular formula is C16H18F3N7. The highest BCUT2D eigenvalue weighted by Gasteiger charge is 2.45. The van der Waals surface area contributed by atoms with E-state index in [9.17, 15) is 13.2 Å². The smallest absolute Gasteiger partial charge is 0.332 e. The molecule has 0 aromatic carbocycles. The normalized spacial score (nSPS) is 20.3. The van der Waals surface area contributed by atoms with Crippen LogP contribution in [0.4, 0.5) is 18.9 Å². The number of halogens is 3. The van der Waals surface area contributed by atoms with Crippen LogP contribution in [0.3, 0.4) is 0 Å². The summed E-state index contributed by atoms with van der Waals surface area (Å²) in [5.74, 6) is 0.108. The van der Waals surface area contributed by atoms with Gasteiger partial charge in [-0.25, -0.2) is 9.67 Å². The highest BCUT2D eigenvalue weighted by molar-refractivity contribution is 5.95. The molecule has 2 aromatic heterocycles. The summed E-state index contributed by atoms with van der Waals surface area (Å²) in [6.45, 7) is 4.90. The van der Waals surface area contributed by atoms with Crippen molar-refractivity contribution in [1.82, 2.24) is 20.1 Å². The molecule has 138 valence electrons. The van der Waals surface area contributed by atoms with E-state index in [0.29, 0.717) is 5.69 Å². The summed E-state index contributed by atoms with van der Waals surface area (Å²) < 4.78 is 40.6. The number of hydrogen-bond donors (Lipinski definition) is 3. The molecule has 0 spiro atoms. The van der Waals surface area contributed by atoms with Crippen LogP contribution in [0.5, 0.6) is 0 Å². The molecule has 0 bridgehead atoms. The molecule has 0 amide bonds. The first-order valence-corrected chi connectivity index (χ1v) is 7.76. The molecule has 0 saturated heterocycles. The molecule has 2 aromatic rings. The van der Waals surface area contributed by atoms with Crippen LogP contribution in [0.2, 0.25) is 0 Å². The Morgan fingerprint density at radius 1 is 1.31 bits per heavy atom. The fourth-order valence-corrected chi connectivity index (χ4v) is 2.63. The number of aryl methyl sites for hydroxylation is 1. The number of anilines is 1. The summed E-state index contributed by atoms with van der Waals surface area (Å²) in [5, 5.41) is 9.72. The van der Waals surface area contributed by atoms with E-state index in [1.807, 2.05) is 26.0 Å². The lowest BCUT2D eigenvalue weighted by molar-refractivity contribution is -0.100. The molecule has 10 heteroatoms. The zero-order valence-corrected chi connectivity index (χ0v) is 14.4. The van der Waals surface area contributed by atoms with Gasteiger partial charge in [0.2, 0.25) is 5.96 Å². The number of guanidine groups is 1. The van der Waals surface area contributed by atoms with Gasteiger partial charge in [0.15, 0.2) is 0 Å². The van der Waals surface area contributed by atoms with Gasteiger partial charge in [-0.2, -0.15) is 18.3 Å². The van der Waals surface area contributed by atoms with Crippen molar-refractivity contribution < 1.29 is 13.2 Å². The molecule has 0 saturated carbocycles. The minimum atomic E-state index is -4.56. The minimum absolute atomic E-state index is 0.108. The Bertz CT molecular complexity index is 893. The maximum absolute atomic E-state index is 13.0. The van der Waals surface area contributed by atoms with Crippen molar-refractivity contribution in [3.63, 3.8) is 0 Å². The van der Waals surface area contributed by atoms with Gasteiger partial charge in [0.1, 0.15) is 5.66 Å². The van der Waals surface area contributed by atoms with Gasteiger partial charge >= 0.3 is 6.18 Å². The fourth-order valence-electron chi connectivity index (χ4n) is 2.63. The molecule has 0 radical (unpaired) electrons. The molecule has 1 unspecified atom stereocenters. The SMILES string of the molecule is Cc1cc(-n2ncc(NC3=NC(C)(N)C(C(F)(F)F)=CN3)c2C)ccn1. The quantitative estimate of drug-likeness (QED) is 0.760. The van der Waals surface area contributed by atoms with Crippen molar-refractivity contribution in [2.75, 3.05) is 5.32 Å². The lowest BCUT2D eigenvalue weighted by atomic mass is 10.0. The first kappa shape index (κ1) is 17.9. The van der Waals surface area contributed by atoms with Gasteiger partial charge in [-0.15, -0.1) is 0 Å². The lowest BCUT2D eigenvalue weighted by Gasteiger charge is -2.30. The van der Waals surface area contributed by atoms with Crippen LogP contribution in [-0.2, 0) is 0 Å². The standard InChI is InChI=1S/C16H18F3N7/c1-9-6-11(4-5-21-9)26-10(2)12(7-23-26)24-14-22-8-13(16(17,18)19)15(3,20)25-14/h4-8H,20H2,1-3H3,(H2,22,24,25). The predicted octanol–water partition coefficient (Wildman–Crippen LogP) is 2.38. The van der Waals surface area contributed by atoms with E-state index < -0.39 is 17.4 Å². The van der Waals surface area contributed by atoms with Crippen molar-refractivity contribution in [3.8, 4) is 5.69 Å². The van der Waals surface area contributed by atoms with Crippen LogP contribution in [-0.4, -0.2) is 32.6 Å². The van der Waals surface area contributed by atoms with Gasteiger partial charge in [-0.3, -0.25) is 4.98 Å². The molecule has 1 aliphatic rings. The second-order valence-corrected chi connectivity index (χ2v) is 6.14. The molecule has 1 atom stereocenters. The summed E-state index contributed by atoms with van der Waals surface area (Å²) in [4.78, 5) is 8.07. The van der Waals surface area contributed by atoms with Gasteiger partial charge in [-0.05, 0) is 32.9 Å². The van der Waals surface area contributed by atoms with E-state index in [1.165, 1.54) is 6.92 Å². The third-order valence-electron chi connectivity index (χ3n) is 3.94. The summed E-state index contributed by atoms with van der Waals surface area (Å²) >= 11 is 0. The number of nitrogens with two attached hydrogens (primary N) is 1. The fraction of sp³-hybridized carbons (Fsp3) is 0.312. The second kappa shape index (κ2) is 6.13. The Labute approximate surface area is 147 Å². The highest BCUT2D eigenvalue weighted by Crippen LogP contribution is 2.34. The minimum Gasteiger partial charge on any atom is -0.332 e. The van der Waals surface area contributed by atoms with E-state index in [2.05, 4.69) is 25.7 Å². The van der Waals surface area contributed by atoms with Crippen LogP contribution < -0.4 is 16.4 Å². The largest absolute Gasteiger partial charge is 0.417 e. The molecule has 26 heavy (non-hydrogen) atoms. The zero-order chi connectivity index (χ0) is 19.1. The van der Waals surface area contributed by atoms with Crippen molar-refractivity contribution in [3.05, 3.63) is 47.7 Å². The molecular weight excluding hydrogens is 347 g/mol. The van der Waals surface area contributed by atoms with Crippen LogP contribution in [0.1, 0.15) is 18.3 Å².